The SMILES string of the molecule is C=C(N)C1=C(F)P(CC(C)C(C)CCC)CN1. The predicted molar refractivity (Wildman–Crippen MR) is 74.5 cm³/mol. The molecule has 0 aromatic carbocycles. The second-order valence-corrected chi connectivity index (χ2v) is 7.15. The molecular weight excluding hydrogens is 234 g/mol. The van der Waals surface area contributed by atoms with E-state index in [1.165, 1.54) is 12.8 Å². The Morgan fingerprint density at radius 1 is 1.53 bits per heavy atom. The largest absolute Gasteiger partial charge is 0.397 e. The molecule has 3 N–H and O–H groups in total. The molecule has 0 aliphatic carbocycles. The zero-order chi connectivity index (χ0) is 13.0. The molecule has 0 fully saturated rings. The van der Waals surface area contributed by atoms with E-state index in [4.69, 9.17) is 5.73 Å². The van der Waals surface area contributed by atoms with Gasteiger partial charge in [0.1, 0.15) is 5.57 Å². The Labute approximate surface area is 105 Å². The lowest BCUT2D eigenvalue weighted by Gasteiger charge is -2.22. The first kappa shape index (κ1) is 14.5. The topological polar surface area (TPSA) is 38.0 Å². The summed E-state index contributed by atoms with van der Waals surface area (Å²) in [5.41, 5.74) is 6.28. The van der Waals surface area contributed by atoms with Crippen molar-refractivity contribution in [2.75, 3.05) is 12.4 Å². The van der Waals surface area contributed by atoms with Crippen molar-refractivity contribution in [3.63, 3.8) is 0 Å². The third kappa shape index (κ3) is 3.70. The van der Waals surface area contributed by atoms with Crippen molar-refractivity contribution >= 4 is 7.92 Å². The van der Waals surface area contributed by atoms with E-state index < -0.39 is 7.92 Å². The summed E-state index contributed by atoms with van der Waals surface area (Å²) in [6, 6.07) is 0. The van der Waals surface area contributed by atoms with Crippen LogP contribution in [0.5, 0.6) is 0 Å². The van der Waals surface area contributed by atoms with Gasteiger partial charge in [-0.25, -0.2) is 4.39 Å². The lowest BCUT2D eigenvalue weighted by atomic mass is 9.93. The van der Waals surface area contributed by atoms with E-state index in [-0.39, 0.29) is 5.57 Å². The number of nitrogens with one attached hydrogen (secondary N) is 1. The van der Waals surface area contributed by atoms with Gasteiger partial charge < -0.3 is 11.1 Å². The van der Waals surface area contributed by atoms with Crippen molar-refractivity contribution < 1.29 is 4.39 Å². The van der Waals surface area contributed by atoms with Gasteiger partial charge in [-0.15, -0.1) is 0 Å². The minimum absolute atomic E-state index is 0.0388. The Hall–Kier alpha value is -0.560. The van der Waals surface area contributed by atoms with Gasteiger partial charge >= 0.3 is 0 Å². The minimum atomic E-state index is -0.700. The Morgan fingerprint density at radius 3 is 2.65 bits per heavy atom. The fourth-order valence-corrected chi connectivity index (χ4v) is 4.50. The van der Waals surface area contributed by atoms with Crippen LogP contribution in [-0.4, -0.2) is 12.4 Å². The van der Waals surface area contributed by atoms with Gasteiger partial charge in [-0.1, -0.05) is 40.2 Å². The van der Waals surface area contributed by atoms with Gasteiger partial charge in [0.15, 0.2) is 0 Å². The molecule has 1 aliphatic heterocycles. The minimum Gasteiger partial charge on any atom is -0.397 e. The maximum absolute atomic E-state index is 14.0. The van der Waals surface area contributed by atoms with Gasteiger partial charge in [0.25, 0.3) is 0 Å². The van der Waals surface area contributed by atoms with E-state index >= 15 is 0 Å². The highest BCUT2D eigenvalue weighted by molar-refractivity contribution is 7.62. The van der Waals surface area contributed by atoms with Crippen LogP contribution in [0.1, 0.15) is 33.6 Å². The first-order chi connectivity index (χ1) is 7.97. The van der Waals surface area contributed by atoms with Crippen LogP contribution in [0, 0.1) is 11.8 Å². The molecule has 3 atom stereocenters. The number of rotatable bonds is 6. The van der Waals surface area contributed by atoms with Gasteiger partial charge in [-0.3, -0.25) is 0 Å². The molecule has 1 heterocycles. The van der Waals surface area contributed by atoms with Crippen molar-refractivity contribution in [1.29, 1.82) is 0 Å². The summed E-state index contributed by atoms with van der Waals surface area (Å²) in [6.45, 7) is 10.3. The summed E-state index contributed by atoms with van der Waals surface area (Å²) in [5.74, 6) is 1.24. The van der Waals surface area contributed by atoms with Crippen molar-refractivity contribution in [3.05, 3.63) is 23.5 Å². The van der Waals surface area contributed by atoms with Crippen LogP contribution in [0.3, 0.4) is 0 Å². The first-order valence-corrected chi connectivity index (χ1v) is 8.01. The number of hydrogen-bond donors (Lipinski definition) is 2. The summed E-state index contributed by atoms with van der Waals surface area (Å²) in [6.07, 6.45) is 4.09. The van der Waals surface area contributed by atoms with Gasteiger partial charge in [0.05, 0.1) is 11.4 Å². The van der Waals surface area contributed by atoms with Crippen molar-refractivity contribution in [2.45, 2.75) is 33.6 Å². The molecule has 0 spiro atoms. The molecule has 1 rings (SSSR count). The quantitative estimate of drug-likeness (QED) is 0.713. The maximum atomic E-state index is 14.0. The Morgan fingerprint density at radius 2 is 2.18 bits per heavy atom. The Kier molecular flexibility index (Phi) is 5.45. The summed E-state index contributed by atoms with van der Waals surface area (Å²) < 4.78 is 14.0. The fraction of sp³-hybridized carbons (Fsp3) is 0.692. The highest BCUT2D eigenvalue weighted by Crippen LogP contribution is 2.52. The van der Waals surface area contributed by atoms with E-state index in [9.17, 15) is 4.39 Å². The Balaban J connectivity index is 2.56. The van der Waals surface area contributed by atoms with Crippen molar-refractivity contribution in [2.24, 2.45) is 17.6 Å². The molecule has 98 valence electrons. The van der Waals surface area contributed by atoms with Crippen LogP contribution in [0.25, 0.3) is 0 Å². The zero-order valence-electron chi connectivity index (χ0n) is 11.1. The molecule has 0 amide bonds. The lowest BCUT2D eigenvalue weighted by Crippen LogP contribution is -2.14. The molecule has 0 radical (unpaired) electrons. The molecule has 3 unspecified atom stereocenters. The molecule has 1 aliphatic rings. The average Bonchev–Trinajstić information content (AvgIpc) is 2.61. The first-order valence-electron chi connectivity index (χ1n) is 6.30. The van der Waals surface area contributed by atoms with Crippen LogP contribution in [0.2, 0.25) is 0 Å². The standard InChI is InChI=1S/C13H24FN2P/c1-5-6-9(2)10(3)7-17-8-16-12(11(4)15)13(17)14/h9-10,16H,4-8,15H2,1-3H3. The maximum Gasteiger partial charge on any atom is 0.149 e. The number of hydrogen-bond acceptors (Lipinski definition) is 2. The lowest BCUT2D eigenvalue weighted by molar-refractivity contribution is 0.392. The van der Waals surface area contributed by atoms with Crippen LogP contribution in [0.15, 0.2) is 23.5 Å². The molecule has 0 bridgehead atoms. The molecule has 0 saturated carbocycles. The second kappa shape index (κ2) is 6.39. The molecule has 0 aromatic rings. The molecule has 4 heteroatoms. The second-order valence-electron chi connectivity index (χ2n) is 4.99. The molecular formula is C13H24FN2P. The summed E-state index contributed by atoms with van der Waals surface area (Å²) in [7, 11) is -0.700. The monoisotopic (exact) mass is 258 g/mol. The number of nitrogens with two attached hydrogens (primary N) is 1. The Bertz CT molecular complexity index is 315. The summed E-state index contributed by atoms with van der Waals surface area (Å²) in [5, 5.41) is 3.04. The van der Waals surface area contributed by atoms with Crippen LogP contribution >= 0.6 is 7.92 Å². The zero-order valence-corrected chi connectivity index (χ0v) is 12.0. The van der Waals surface area contributed by atoms with E-state index in [0.717, 1.165) is 12.4 Å². The van der Waals surface area contributed by atoms with Crippen LogP contribution in [-0.2, 0) is 0 Å². The van der Waals surface area contributed by atoms with Crippen molar-refractivity contribution in [1.82, 2.24) is 5.32 Å². The smallest absolute Gasteiger partial charge is 0.149 e. The van der Waals surface area contributed by atoms with Crippen molar-refractivity contribution in [3.8, 4) is 0 Å². The van der Waals surface area contributed by atoms with Gasteiger partial charge in [0, 0.05) is 6.29 Å². The number of halogens is 1. The van der Waals surface area contributed by atoms with E-state index in [0.29, 0.717) is 23.2 Å². The third-order valence-electron chi connectivity index (χ3n) is 3.48. The summed E-state index contributed by atoms with van der Waals surface area (Å²) >= 11 is 0. The van der Waals surface area contributed by atoms with Gasteiger partial charge in [-0.05, 0) is 25.9 Å². The van der Waals surface area contributed by atoms with Crippen LogP contribution < -0.4 is 11.1 Å². The van der Waals surface area contributed by atoms with Crippen LogP contribution in [0.4, 0.5) is 4.39 Å². The highest BCUT2D eigenvalue weighted by Gasteiger charge is 2.28. The van der Waals surface area contributed by atoms with Gasteiger partial charge in [0.2, 0.25) is 0 Å². The van der Waals surface area contributed by atoms with E-state index in [1.54, 1.807) is 0 Å². The molecule has 2 nitrogen and oxygen atoms in total. The average molecular weight is 258 g/mol. The highest BCUT2D eigenvalue weighted by atomic mass is 31.1. The van der Waals surface area contributed by atoms with Gasteiger partial charge in [-0.2, -0.15) is 0 Å². The molecule has 17 heavy (non-hydrogen) atoms. The summed E-state index contributed by atoms with van der Waals surface area (Å²) in [4.78, 5) is 0. The fourth-order valence-electron chi connectivity index (χ4n) is 2.13. The van der Waals surface area contributed by atoms with E-state index in [1.807, 2.05) is 0 Å². The third-order valence-corrected chi connectivity index (χ3v) is 5.81. The predicted octanol–water partition coefficient (Wildman–Crippen LogP) is 3.71. The van der Waals surface area contributed by atoms with E-state index in [2.05, 4.69) is 32.7 Å². The molecule has 0 saturated heterocycles. The molecule has 0 aromatic heterocycles. The normalized spacial score (nSPS) is 23.4.